The van der Waals surface area contributed by atoms with Crippen molar-refractivity contribution in [2.24, 2.45) is 4.40 Å². The average molecular weight is 259 g/mol. The number of halogens is 2. The van der Waals surface area contributed by atoms with Crippen molar-refractivity contribution < 1.29 is 13.0 Å². The third-order valence-electron chi connectivity index (χ3n) is 1.96. The van der Waals surface area contributed by atoms with Crippen molar-refractivity contribution in [1.82, 2.24) is 0 Å². The van der Waals surface area contributed by atoms with Crippen LogP contribution in [0, 0.1) is 5.82 Å². The van der Waals surface area contributed by atoms with Gasteiger partial charge in [-0.3, -0.25) is 0 Å². The van der Waals surface area contributed by atoms with Crippen molar-refractivity contribution in [1.29, 1.82) is 0 Å². The molecule has 0 unspecified atom stereocenters. The van der Waals surface area contributed by atoms with Gasteiger partial charge < -0.3 is 0 Å². The van der Waals surface area contributed by atoms with Crippen LogP contribution >= 0.6 is 0 Å². The summed E-state index contributed by atoms with van der Waals surface area (Å²) < 4.78 is 40.5. The van der Waals surface area contributed by atoms with Crippen LogP contribution in [0.3, 0.4) is 0 Å². The van der Waals surface area contributed by atoms with E-state index in [0.29, 0.717) is 5.56 Å². The van der Waals surface area contributed by atoms with E-state index in [9.17, 15) is 13.0 Å². The lowest BCUT2D eigenvalue weighted by atomic mass is 10.1. The topological polar surface area (TPSA) is 29.4 Å². The van der Waals surface area contributed by atoms with E-state index < -0.39 is 28.2 Å². The van der Waals surface area contributed by atoms with E-state index in [0.717, 1.165) is 6.07 Å². The van der Waals surface area contributed by atoms with Gasteiger partial charge in [-0.25, -0.2) is 13.0 Å². The van der Waals surface area contributed by atoms with E-state index in [1.54, 1.807) is 20.8 Å². The number of nitrogens with zero attached hydrogens (tertiary/aromatic N) is 1. The predicted molar refractivity (Wildman–Crippen MR) is 66.7 cm³/mol. The first kappa shape index (κ1) is 14.0. The molecule has 0 heterocycles. The Hall–Kier alpha value is -1.10. The number of rotatable bonds is 3. The predicted octanol–water partition coefficient (Wildman–Crippen LogP) is 3.18. The van der Waals surface area contributed by atoms with Crippen molar-refractivity contribution >= 4 is 17.2 Å². The minimum absolute atomic E-state index is 0.244. The van der Waals surface area contributed by atoms with Crippen LogP contribution in [-0.2, 0) is 17.7 Å². The third-order valence-corrected chi connectivity index (χ3v) is 3.30. The van der Waals surface area contributed by atoms with E-state index in [1.807, 2.05) is 0 Å². The Balaban J connectivity index is 2.92. The van der Waals surface area contributed by atoms with Crippen LogP contribution in [0.15, 0.2) is 22.6 Å². The first-order valence-corrected chi connectivity index (χ1v) is 6.25. The molecular weight excluding hydrogens is 244 g/mol. The molecule has 0 aromatic heterocycles. The number of benzene rings is 1. The van der Waals surface area contributed by atoms with Crippen molar-refractivity contribution in [2.45, 2.75) is 32.2 Å². The van der Waals surface area contributed by atoms with Crippen molar-refractivity contribution in [3.63, 3.8) is 0 Å². The van der Waals surface area contributed by atoms with Gasteiger partial charge in [0.05, 0.1) is 4.75 Å². The SMILES string of the molecule is CC(C)(C)[S@@](=O)N=Cc1cc(F)cc(CF)c1. The monoisotopic (exact) mass is 259 g/mol. The lowest BCUT2D eigenvalue weighted by Gasteiger charge is -2.12. The minimum Gasteiger partial charge on any atom is -0.246 e. The average Bonchev–Trinajstić information content (AvgIpc) is 2.23. The zero-order valence-corrected chi connectivity index (χ0v) is 10.9. The van der Waals surface area contributed by atoms with Crippen LogP contribution in [0.4, 0.5) is 8.78 Å². The standard InChI is InChI=1S/C12H15F2NOS/c1-12(2,3)17(16)15-8-10-4-9(7-13)5-11(14)6-10/h4-6,8H,7H2,1-3H3/t17-/m1/s1. The zero-order valence-electron chi connectivity index (χ0n) is 10.0. The Bertz CT molecular complexity index is 452. The van der Waals surface area contributed by atoms with E-state index in [4.69, 9.17) is 0 Å². The van der Waals surface area contributed by atoms with Gasteiger partial charge in [0.25, 0.3) is 0 Å². The maximum atomic E-state index is 13.1. The molecule has 17 heavy (non-hydrogen) atoms. The van der Waals surface area contributed by atoms with E-state index in [2.05, 4.69) is 4.40 Å². The molecule has 0 bridgehead atoms. The molecule has 1 atom stereocenters. The van der Waals surface area contributed by atoms with Gasteiger partial charge in [0, 0.05) is 6.21 Å². The summed E-state index contributed by atoms with van der Waals surface area (Å²) in [5, 5.41) is 0. The molecule has 0 aliphatic rings. The molecule has 0 spiro atoms. The van der Waals surface area contributed by atoms with Crippen LogP contribution in [0.2, 0.25) is 0 Å². The van der Waals surface area contributed by atoms with Gasteiger partial charge in [0.1, 0.15) is 23.5 Å². The molecule has 0 amide bonds. The van der Waals surface area contributed by atoms with Crippen LogP contribution in [0.5, 0.6) is 0 Å². The maximum absolute atomic E-state index is 13.1. The van der Waals surface area contributed by atoms with Gasteiger partial charge in [-0.15, -0.1) is 0 Å². The second kappa shape index (κ2) is 5.49. The third kappa shape index (κ3) is 4.34. The van der Waals surface area contributed by atoms with Gasteiger partial charge in [-0.1, -0.05) is 0 Å². The normalized spacial score (nSPS) is 14.2. The summed E-state index contributed by atoms with van der Waals surface area (Å²) in [4.78, 5) is 0. The molecule has 5 heteroatoms. The van der Waals surface area contributed by atoms with Crippen LogP contribution < -0.4 is 0 Å². The molecule has 1 aromatic carbocycles. The highest BCUT2D eigenvalue weighted by atomic mass is 32.2. The van der Waals surface area contributed by atoms with Gasteiger partial charge in [-0.2, -0.15) is 4.40 Å². The summed E-state index contributed by atoms with van der Waals surface area (Å²) >= 11 is 0. The fraction of sp³-hybridized carbons (Fsp3) is 0.417. The summed E-state index contributed by atoms with van der Waals surface area (Å²) in [6.07, 6.45) is 1.31. The van der Waals surface area contributed by atoms with E-state index in [1.165, 1.54) is 18.3 Å². The van der Waals surface area contributed by atoms with Crippen LogP contribution in [-0.4, -0.2) is 15.2 Å². The Morgan fingerprint density at radius 1 is 1.35 bits per heavy atom. The Labute approximate surface area is 102 Å². The molecule has 0 saturated carbocycles. The first-order valence-electron chi connectivity index (χ1n) is 5.14. The van der Waals surface area contributed by atoms with Gasteiger partial charge >= 0.3 is 0 Å². The quantitative estimate of drug-likeness (QED) is 0.767. The maximum Gasteiger partial charge on any atom is 0.144 e. The molecule has 0 aliphatic heterocycles. The molecular formula is C12H15F2NOS. The van der Waals surface area contributed by atoms with Gasteiger partial charge in [-0.05, 0) is 50.1 Å². The number of hydrogen-bond acceptors (Lipinski definition) is 1. The largest absolute Gasteiger partial charge is 0.246 e. The highest BCUT2D eigenvalue weighted by molar-refractivity contribution is 7.85. The summed E-state index contributed by atoms with van der Waals surface area (Å²) in [6.45, 7) is 4.64. The summed E-state index contributed by atoms with van der Waals surface area (Å²) in [7, 11) is -1.40. The molecule has 0 N–H and O–H groups in total. The first-order chi connectivity index (χ1) is 7.82. The molecule has 0 radical (unpaired) electrons. The minimum atomic E-state index is -1.40. The highest BCUT2D eigenvalue weighted by Gasteiger charge is 2.18. The molecule has 0 aliphatic carbocycles. The summed E-state index contributed by atoms with van der Waals surface area (Å²) in [5.74, 6) is -0.525. The van der Waals surface area contributed by atoms with Crippen molar-refractivity contribution in [2.75, 3.05) is 0 Å². The van der Waals surface area contributed by atoms with Crippen LogP contribution in [0.1, 0.15) is 31.9 Å². The van der Waals surface area contributed by atoms with Crippen LogP contribution in [0.25, 0.3) is 0 Å². The van der Waals surface area contributed by atoms with E-state index >= 15 is 0 Å². The fourth-order valence-electron chi connectivity index (χ4n) is 1.09. The second-order valence-corrected chi connectivity index (χ2v) is 6.56. The summed E-state index contributed by atoms with van der Waals surface area (Å²) in [6, 6.07) is 3.83. The smallest absolute Gasteiger partial charge is 0.144 e. The number of hydrogen-bond donors (Lipinski definition) is 0. The lowest BCUT2D eigenvalue weighted by molar-refractivity contribution is 0.482. The van der Waals surface area contributed by atoms with Crippen molar-refractivity contribution in [3.05, 3.63) is 35.1 Å². The van der Waals surface area contributed by atoms with Gasteiger partial charge in [0.15, 0.2) is 0 Å². The van der Waals surface area contributed by atoms with E-state index in [-0.39, 0.29) is 5.56 Å². The Morgan fingerprint density at radius 2 is 2.00 bits per heavy atom. The molecule has 1 aromatic rings. The number of alkyl halides is 1. The Kier molecular flexibility index (Phi) is 4.51. The molecule has 1 rings (SSSR count). The Morgan fingerprint density at radius 3 is 2.53 bits per heavy atom. The zero-order chi connectivity index (χ0) is 13.1. The molecule has 2 nitrogen and oxygen atoms in total. The van der Waals surface area contributed by atoms with Crippen molar-refractivity contribution in [3.8, 4) is 0 Å². The lowest BCUT2D eigenvalue weighted by Crippen LogP contribution is -2.19. The molecule has 94 valence electrons. The molecule has 0 fully saturated rings. The fourth-order valence-corrected chi connectivity index (χ4v) is 1.63. The second-order valence-electron chi connectivity index (χ2n) is 4.62. The van der Waals surface area contributed by atoms with Gasteiger partial charge in [0.2, 0.25) is 0 Å². The highest BCUT2D eigenvalue weighted by Crippen LogP contribution is 2.13. The molecule has 0 saturated heterocycles. The summed E-state index contributed by atoms with van der Waals surface area (Å²) in [5.41, 5.74) is 0.656.